The van der Waals surface area contributed by atoms with Crippen molar-refractivity contribution in [2.24, 2.45) is 0 Å². The van der Waals surface area contributed by atoms with E-state index in [2.05, 4.69) is 19.4 Å². The van der Waals surface area contributed by atoms with E-state index in [4.69, 9.17) is 0 Å². The smallest absolute Gasteiger partial charge is 0.203 e. The molecule has 0 N–H and O–H groups in total. The molecule has 0 rings (SSSR count). The summed E-state index contributed by atoms with van der Waals surface area (Å²) in [6.45, 7) is 2.38. The van der Waals surface area contributed by atoms with E-state index in [1.54, 1.807) is 0 Å². The summed E-state index contributed by atoms with van der Waals surface area (Å²) in [5.74, 6) is -1.65. The highest BCUT2D eigenvalue weighted by Gasteiger charge is 2.36. The molecule has 1 nitrogen and oxygen atoms in total. The third-order valence-corrected chi connectivity index (χ3v) is 0.914. The van der Waals surface area contributed by atoms with Gasteiger partial charge in [0.1, 0.15) is 0 Å². The van der Waals surface area contributed by atoms with Crippen LogP contribution in [0.25, 0.3) is 0 Å². The summed E-state index contributed by atoms with van der Waals surface area (Å²) in [6.07, 6.45) is -4.80. The summed E-state index contributed by atoms with van der Waals surface area (Å²) in [7, 11) is 0. The normalized spacial score (nSPS) is 11.2. The third kappa shape index (κ3) is 2.59. The zero-order valence-corrected chi connectivity index (χ0v) is 5.01. The van der Waals surface area contributed by atoms with Crippen LogP contribution in [0.2, 0.25) is 0 Å². The molecule has 0 aromatic carbocycles. The van der Waals surface area contributed by atoms with Gasteiger partial charge in [0.15, 0.2) is 5.95 Å². The van der Waals surface area contributed by atoms with E-state index in [0.29, 0.717) is 0 Å². The maximum Gasteiger partial charge on any atom is 0.496 e. The number of alkyl halides is 3. The van der Waals surface area contributed by atoms with Gasteiger partial charge in [-0.3, -0.25) is 0 Å². The average Bonchev–Trinajstić information content (AvgIpc) is 1.62. The molecule has 0 saturated carbocycles. The van der Waals surface area contributed by atoms with Crippen molar-refractivity contribution in [1.82, 2.24) is 4.31 Å². The molecule has 0 heterocycles. The van der Waals surface area contributed by atoms with E-state index < -0.39 is 16.6 Å². The fraction of sp³-hybridized carbons (Fsp3) is 0.333. The highest BCUT2D eigenvalue weighted by Crippen LogP contribution is 2.26. The molecule has 9 heavy (non-hydrogen) atoms. The van der Waals surface area contributed by atoms with E-state index >= 15 is 0 Å². The molecule has 6 heteroatoms. The Balaban J connectivity index is 4.04. The number of nitrogens with zero attached hydrogens (tertiary/aromatic N) is 1. The second-order valence-corrected chi connectivity index (χ2v) is 1.56. The first-order chi connectivity index (χ1) is 3.85. The van der Waals surface area contributed by atoms with E-state index in [1.165, 1.54) is 0 Å². The van der Waals surface area contributed by atoms with Gasteiger partial charge in [0.25, 0.3) is 0 Å². The van der Waals surface area contributed by atoms with Crippen molar-refractivity contribution in [3.05, 3.63) is 12.5 Å². The van der Waals surface area contributed by atoms with E-state index in [-0.39, 0.29) is 0 Å². The van der Waals surface area contributed by atoms with Crippen LogP contribution in [0.4, 0.5) is 17.6 Å². The first-order valence-electron chi connectivity index (χ1n) is 1.76. The van der Waals surface area contributed by atoms with Crippen molar-refractivity contribution in [3.8, 4) is 0 Å². The topological polar surface area (TPSA) is 3.24 Å². The van der Waals surface area contributed by atoms with Gasteiger partial charge in [-0.2, -0.15) is 4.39 Å². The minimum Gasteiger partial charge on any atom is -0.203 e. The van der Waals surface area contributed by atoms with Crippen LogP contribution < -0.4 is 0 Å². The van der Waals surface area contributed by atoms with E-state index in [9.17, 15) is 17.6 Å². The quantitative estimate of drug-likeness (QED) is 0.350. The Labute approximate surface area is 54.5 Å². The number of hydrogen-bond donors (Lipinski definition) is 1. The minimum absolute atomic E-state index is 0.812. The molecule has 0 aliphatic heterocycles. The fourth-order valence-electron chi connectivity index (χ4n) is 0.138. The van der Waals surface area contributed by atoms with Gasteiger partial charge in [0.05, 0.1) is 0 Å². The molecular weight excluding hydrogens is 158 g/mol. The summed E-state index contributed by atoms with van der Waals surface area (Å²) < 4.78 is 44.5. The summed E-state index contributed by atoms with van der Waals surface area (Å²) >= 11 is 2.74. The molecule has 54 valence electrons. The Bertz CT molecular complexity index is 119. The molecule has 0 bridgehead atoms. The molecule has 0 amide bonds. The number of thiol groups is 1. The monoisotopic (exact) mass is 161 g/mol. The van der Waals surface area contributed by atoms with Crippen LogP contribution in [0.15, 0.2) is 12.5 Å². The highest BCUT2D eigenvalue weighted by atomic mass is 32.1. The molecule has 0 aliphatic carbocycles. The second-order valence-electron chi connectivity index (χ2n) is 1.16. The predicted octanol–water partition coefficient (Wildman–Crippen LogP) is 2.09. The van der Waals surface area contributed by atoms with Gasteiger partial charge in [-0.25, -0.2) is 4.31 Å². The van der Waals surface area contributed by atoms with Gasteiger partial charge in [-0.15, -0.1) is 13.2 Å². The van der Waals surface area contributed by atoms with Gasteiger partial charge >= 0.3 is 6.30 Å². The van der Waals surface area contributed by atoms with Crippen molar-refractivity contribution >= 4 is 12.8 Å². The SMILES string of the molecule is C=C(F)N(S)C(F)(F)F. The Kier molecular flexibility index (Phi) is 2.36. The van der Waals surface area contributed by atoms with Gasteiger partial charge in [-0.05, 0) is 6.58 Å². The molecule has 0 radical (unpaired) electrons. The zero-order valence-electron chi connectivity index (χ0n) is 4.11. The second kappa shape index (κ2) is 2.47. The van der Waals surface area contributed by atoms with Crippen LogP contribution >= 0.6 is 12.8 Å². The van der Waals surface area contributed by atoms with Crippen molar-refractivity contribution in [3.63, 3.8) is 0 Å². The van der Waals surface area contributed by atoms with E-state index in [0.717, 1.165) is 0 Å². The largest absolute Gasteiger partial charge is 0.496 e. The number of rotatable bonds is 1. The van der Waals surface area contributed by atoms with Crippen molar-refractivity contribution in [1.29, 1.82) is 0 Å². The lowest BCUT2D eigenvalue weighted by Crippen LogP contribution is -2.26. The molecular formula is C3H3F4NS. The Hall–Kier alpha value is -0.390. The number of halogens is 4. The van der Waals surface area contributed by atoms with Gasteiger partial charge < -0.3 is 0 Å². The molecule has 0 aliphatic rings. The fourth-order valence-corrected chi connectivity index (χ4v) is 0.138. The summed E-state index contributed by atoms with van der Waals surface area (Å²) in [6, 6.07) is 0. The van der Waals surface area contributed by atoms with Gasteiger partial charge in [0.2, 0.25) is 0 Å². The maximum atomic E-state index is 11.5. The van der Waals surface area contributed by atoms with Crippen molar-refractivity contribution in [2.45, 2.75) is 6.30 Å². The van der Waals surface area contributed by atoms with Crippen LogP contribution in [-0.2, 0) is 0 Å². The maximum absolute atomic E-state index is 11.5. The van der Waals surface area contributed by atoms with Crippen molar-refractivity contribution < 1.29 is 17.6 Å². The first kappa shape index (κ1) is 8.61. The van der Waals surface area contributed by atoms with Crippen LogP contribution in [-0.4, -0.2) is 10.6 Å². The predicted molar refractivity (Wildman–Crippen MR) is 27.1 cm³/mol. The number of hydrogen-bond acceptors (Lipinski definition) is 2. The molecule has 0 spiro atoms. The van der Waals surface area contributed by atoms with Crippen molar-refractivity contribution in [2.75, 3.05) is 0 Å². The summed E-state index contributed by atoms with van der Waals surface area (Å²) in [4.78, 5) is 0. The van der Waals surface area contributed by atoms with E-state index in [1.807, 2.05) is 0 Å². The third-order valence-electron chi connectivity index (χ3n) is 0.470. The standard InChI is InChI=1S/C3H3F4NS/c1-2(4)8(9)3(5,6)7/h9H,1H2. The lowest BCUT2D eigenvalue weighted by Gasteiger charge is -2.16. The Morgan fingerprint density at radius 2 is 1.78 bits per heavy atom. The van der Waals surface area contributed by atoms with Gasteiger partial charge in [-0.1, -0.05) is 12.8 Å². The Morgan fingerprint density at radius 3 is 1.78 bits per heavy atom. The van der Waals surface area contributed by atoms with Crippen LogP contribution in [0.3, 0.4) is 0 Å². The van der Waals surface area contributed by atoms with Crippen LogP contribution in [0, 0.1) is 0 Å². The lowest BCUT2D eigenvalue weighted by atomic mass is 10.9. The van der Waals surface area contributed by atoms with Crippen LogP contribution in [0.1, 0.15) is 0 Å². The Morgan fingerprint density at radius 1 is 1.44 bits per heavy atom. The highest BCUT2D eigenvalue weighted by molar-refractivity contribution is 7.77. The molecule has 0 aromatic rings. The average molecular weight is 161 g/mol. The van der Waals surface area contributed by atoms with Gasteiger partial charge in [0, 0.05) is 0 Å². The summed E-state index contributed by atoms with van der Waals surface area (Å²) in [5, 5.41) is 0. The molecule has 0 fully saturated rings. The summed E-state index contributed by atoms with van der Waals surface area (Å²) in [5.41, 5.74) is 0. The zero-order chi connectivity index (χ0) is 7.65. The molecule has 0 atom stereocenters. The first-order valence-corrected chi connectivity index (χ1v) is 2.16. The van der Waals surface area contributed by atoms with Crippen LogP contribution in [0.5, 0.6) is 0 Å². The molecule has 0 unspecified atom stereocenters. The molecule has 0 saturated heterocycles. The minimum atomic E-state index is -4.80. The molecule has 0 aromatic heterocycles. The lowest BCUT2D eigenvalue weighted by molar-refractivity contribution is -0.200.